The lowest BCUT2D eigenvalue weighted by Crippen LogP contribution is -2.34. The predicted octanol–water partition coefficient (Wildman–Crippen LogP) is 3.64. The molecule has 1 fully saturated rings. The monoisotopic (exact) mass is 408 g/mol. The third kappa shape index (κ3) is 4.42. The van der Waals surface area contributed by atoms with Gasteiger partial charge in [0.05, 0.1) is 19.3 Å². The van der Waals surface area contributed by atoms with Gasteiger partial charge < -0.3 is 19.7 Å². The predicted molar refractivity (Wildman–Crippen MR) is 114 cm³/mol. The average Bonchev–Trinajstić information content (AvgIpc) is 3.13. The lowest BCUT2D eigenvalue weighted by Gasteiger charge is -2.26. The maximum absolute atomic E-state index is 12.9. The molecule has 2 aromatic rings. The molecule has 0 bridgehead atoms. The van der Waals surface area contributed by atoms with E-state index in [0.29, 0.717) is 31.7 Å². The Balaban J connectivity index is 1.36. The van der Waals surface area contributed by atoms with Gasteiger partial charge in [0.2, 0.25) is 5.91 Å². The van der Waals surface area contributed by atoms with E-state index in [9.17, 15) is 9.59 Å². The number of likely N-dealkylation sites (tertiary alicyclic amines) is 1. The SMILES string of the molecule is Cc1ccccc1C(=O)NCCC(=O)N1CCC[C@H]1c1ccc2c(c1)OCCCO2. The molecule has 4 rings (SSSR count). The van der Waals surface area contributed by atoms with Crippen LogP contribution in [0.5, 0.6) is 11.5 Å². The van der Waals surface area contributed by atoms with Crippen LogP contribution in [0.3, 0.4) is 0 Å². The van der Waals surface area contributed by atoms with Crippen LogP contribution in [0.15, 0.2) is 42.5 Å². The number of carbonyl (C=O) groups excluding carboxylic acids is 2. The molecule has 2 aliphatic heterocycles. The van der Waals surface area contributed by atoms with Gasteiger partial charge in [-0.1, -0.05) is 24.3 Å². The van der Waals surface area contributed by atoms with Crippen LogP contribution in [0.2, 0.25) is 0 Å². The van der Waals surface area contributed by atoms with Crippen molar-refractivity contribution < 1.29 is 19.1 Å². The first-order chi connectivity index (χ1) is 14.6. The minimum Gasteiger partial charge on any atom is -0.490 e. The quantitative estimate of drug-likeness (QED) is 0.820. The maximum atomic E-state index is 12.9. The van der Waals surface area contributed by atoms with Crippen molar-refractivity contribution in [2.75, 3.05) is 26.3 Å². The fraction of sp³-hybridized carbons (Fsp3) is 0.417. The average molecular weight is 408 g/mol. The number of rotatable bonds is 5. The molecule has 1 N–H and O–H groups in total. The molecular formula is C24H28N2O4. The second-order valence-corrected chi connectivity index (χ2v) is 7.82. The topological polar surface area (TPSA) is 67.9 Å². The van der Waals surface area contributed by atoms with Crippen molar-refractivity contribution in [3.63, 3.8) is 0 Å². The van der Waals surface area contributed by atoms with Gasteiger partial charge in [-0.15, -0.1) is 0 Å². The fourth-order valence-electron chi connectivity index (χ4n) is 4.15. The van der Waals surface area contributed by atoms with Crippen LogP contribution in [-0.4, -0.2) is 43.0 Å². The minimum absolute atomic E-state index is 0.0433. The van der Waals surface area contributed by atoms with Crippen molar-refractivity contribution in [3.8, 4) is 11.5 Å². The standard InChI is InChI=1S/C24H28N2O4/c1-17-6-2-3-7-19(17)24(28)25-12-11-23(27)26-13-4-8-20(26)18-9-10-21-22(16-18)30-15-5-14-29-21/h2-3,6-7,9-10,16,20H,4-5,8,11-15H2,1H3,(H,25,28)/t20-/m0/s1. The summed E-state index contributed by atoms with van der Waals surface area (Å²) in [7, 11) is 0. The molecule has 0 unspecified atom stereocenters. The summed E-state index contributed by atoms with van der Waals surface area (Å²) in [6.45, 7) is 4.28. The van der Waals surface area contributed by atoms with Crippen molar-refractivity contribution >= 4 is 11.8 Å². The van der Waals surface area contributed by atoms with Gasteiger partial charge >= 0.3 is 0 Å². The minimum atomic E-state index is -0.137. The molecule has 0 radical (unpaired) electrons. The summed E-state index contributed by atoms with van der Waals surface area (Å²) in [4.78, 5) is 27.2. The Bertz CT molecular complexity index is 927. The van der Waals surface area contributed by atoms with Crippen LogP contribution in [0.25, 0.3) is 0 Å². The number of benzene rings is 2. The number of carbonyl (C=O) groups is 2. The number of nitrogens with one attached hydrogen (secondary N) is 1. The number of ether oxygens (including phenoxy) is 2. The van der Waals surface area contributed by atoms with Gasteiger partial charge in [0.15, 0.2) is 11.5 Å². The zero-order valence-corrected chi connectivity index (χ0v) is 17.4. The Morgan fingerprint density at radius 1 is 1.07 bits per heavy atom. The Hall–Kier alpha value is -3.02. The zero-order valence-electron chi connectivity index (χ0n) is 17.4. The van der Waals surface area contributed by atoms with Gasteiger partial charge in [-0.05, 0) is 49.1 Å². The number of hydrogen-bond donors (Lipinski definition) is 1. The highest BCUT2D eigenvalue weighted by molar-refractivity contribution is 5.95. The number of nitrogens with zero attached hydrogens (tertiary/aromatic N) is 1. The Morgan fingerprint density at radius 3 is 2.70 bits per heavy atom. The molecule has 2 aromatic carbocycles. The van der Waals surface area contributed by atoms with E-state index in [4.69, 9.17) is 9.47 Å². The summed E-state index contributed by atoms with van der Waals surface area (Å²) < 4.78 is 11.5. The van der Waals surface area contributed by atoms with Crippen molar-refractivity contribution in [1.29, 1.82) is 0 Å². The summed E-state index contributed by atoms with van der Waals surface area (Å²) in [6, 6.07) is 13.5. The van der Waals surface area contributed by atoms with E-state index < -0.39 is 0 Å². The van der Waals surface area contributed by atoms with Crippen LogP contribution >= 0.6 is 0 Å². The summed E-state index contributed by atoms with van der Waals surface area (Å²) in [5.41, 5.74) is 2.65. The van der Waals surface area contributed by atoms with E-state index in [2.05, 4.69) is 5.32 Å². The Kier molecular flexibility index (Phi) is 6.21. The van der Waals surface area contributed by atoms with E-state index in [-0.39, 0.29) is 17.9 Å². The number of amides is 2. The molecule has 1 atom stereocenters. The Morgan fingerprint density at radius 2 is 1.87 bits per heavy atom. The largest absolute Gasteiger partial charge is 0.490 e. The first-order valence-corrected chi connectivity index (χ1v) is 10.7. The van der Waals surface area contributed by atoms with E-state index in [1.165, 1.54) is 0 Å². The summed E-state index contributed by atoms with van der Waals surface area (Å²) in [6.07, 6.45) is 3.06. The molecule has 158 valence electrons. The van der Waals surface area contributed by atoms with E-state index in [1.807, 2.05) is 48.2 Å². The Labute approximate surface area is 177 Å². The molecule has 2 aliphatic rings. The highest BCUT2D eigenvalue weighted by Gasteiger charge is 2.30. The van der Waals surface area contributed by atoms with Crippen LogP contribution in [-0.2, 0) is 4.79 Å². The van der Waals surface area contributed by atoms with Crippen LogP contribution in [0.1, 0.15) is 53.2 Å². The second-order valence-electron chi connectivity index (χ2n) is 7.82. The van der Waals surface area contributed by atoms with Crippen LogP contribution < -0.4 is 14.8 Å². The third-order valence-corrected chi connectivity index (χ3v) is 5.74. The fourth-order valence-corrected chi connectivity index (χ4v) is 4.15. The second kappa shape index (κ2) is 9.20. The van der Waals surface area contributed by atoms with Crippen molar-refractivity contribution in [2.45, 2.75) is 38.6 Å². The molecule has 1 saturated heterocycles. The van der Waals surface area contributed by atoms with Crippen molar-refractivity contribution in [3.05, 3.63) is 59.2 Å². The zero-order chi connectivity index (χ0) is 20.9. The van der Waals surface area contributed by atoms with Gasteiger partial charge in [-0.3, -0.25) is 9.59 Å². The molecule has 0 aliphatic carbocycles. The van der Waals surface area contributed by atoms with Crippen LogP contribution in [0, 0.1) is 6.92 Å². The lowest BCUT2D eigenvalue weighted by atomic mass is 10.0. The van der Waals surface area contributed by atoms with Crippen molar-refractivity contribution in [1.82, 2.24) is 10.2 Å². The lowest BCUT2D eigenvalue weighted by molar-refractivity contribution is -0.132. The van der Waals surface area contributed by atoms with E-state index in [1.54, 1.807) is 6.07 Å². The van der Waals surface area contributed by atoms with Gasteiger partial charge in [0, 0.05) is 31.5 Å². The molecule has 0 saturated carbocycles. The smallest absolute Gasteiger partial charge is 0.251 e. The first-order valence-electron chi connectivity index (χ1n) is 10.7. The molecule has 6 heteroatoms. The van der Waals surface area contributed by atoms with Crippen molar-refractivity contribution in [2.24, 2.45) is 0 Å². The third-order valence-electron chi connectivity index (χ3n) is 5.74. The summed E-state index contributed by atoms with van der Waals surface area (Å²) in [5, 5.41) is 2.87. The molecule has 30 heavy (non-hydrogen) atoms. The molecule has 2 amide bonds. The highest BCUT2D eigenvalue weighted by atomic mass is 16.5. The molecule has 0 spiro atoms. The normalized spacial score (nSPS) is 18.0. The number of aryl methyl sites for hydroxylation is 1. The van der Waals surface area contributed by atoms with Gasteiger partial charge in [-0.2, -0.15) is 0 Å². The molecule has 0 aromatic heterocycles. The molecular weight excluding hydrogens is 380 g/mol. The van der Waals surface area contributed by atoms with Crippen LogP contribution in [0.4, 0.5) is 0 Å². The summed E-state index contributed by atoms with van der Waals surface area (Å²) in [5.74, 6) is 1.46. The first kappa shape index (κ1) is 20.3. The van der Waals surface area contributed by atoms with Gasteiger partial charge in [0.1, 0.15) is 0 Å². The summed E-state index contributed by atoms with van der Waals surface area (Å²) >= 11 is 0. The molecule has 6 nitrogen and oxygen atoms in total. The molecule has 2 heterocycles. The van der Waals surface area contributed by atoms with Gasteiger partial charge in [-0.25, -0.2) is 0 Å². The number of hydrogen-bond acceptors (Lipinski definition) is 4. The van der Waals surface area contributed by atoms with E-state index >= 15 is 0 Å². The van der Waals surface area contributed by atoms with E-state index in [0.717, 1.165) is 48.4 Å². The maximum Gasteiger partial charge on any atom is 0.251 e. The van der Waals surface area contributed by atoms with Gasteiger partial charge in [0.25, 0.3) is 5.91 Å². The number of fused-ring (bicyclic) bond motifs is 1. The highest BCUT2D eigenvalue weighted by Crippen LogP contribution is 2.38.